The number of urea groups is 1. The summed E-state index contributed by atoms with van der Waals surface area (Å²) in [5.74, 6) is -2.01. The van der Waals surface area contributed by atoms with E-state index in [2.05, 4.69) is 10.6 Å². The van der Waals surface area contributed by atoms with Gasteiger partial charge in [0.1, 0.15) is 0 Å². The number of anilines is 1. The molecule has 1 aliphatic carbocycles. The molecule has 0 fully saturated rings. The number of halogens is 2. The van der Waals surface area contributed by atoms with Crippen LogP contribution in [0.4, 0.5) is 19.3 Å². The Labute approximate surface area is 231 Å². The van der Waals surface area contributed by atoms with Crippen molar-refractivity contribution in [3.05, 3.63) is 107 Å². The molecule has 8 heteroatoms. The van der Waals surface area contributed by atoms with Gasteiger partial charge in [-0.05, 0) is 65.3 Å². The molecule has 3 aromatic carbocycles. The molecule has 5 rings (SSSR count). The van der Waals surface area contributed by atoms with E-state index >= 15 is 0 Å². The first kappa shape index (κ1) is 27.4. The fourth-order valence-corrected chi connectivity index (χ4v) is 5.47. The van der Waals surface area contributed by atoms with Crippen molar-refractivity contribution in [3.63, 3.8) is 0 Å². The zero-order valence-corrected chi connectivity index (χ0v) is 22.5. The quantitative estimate of drug-likeness (QED) is 0.234. The van der Waals surface area contributed by atoms with E-state index < -0.39 is 35.2 Å². The van der Waals surface area contributed by atoms with Crippen molar-refractivity contribution in [2.45, 2.75) is 51.4 Å². The summed E-state index contributed by atoms with van der Waals surface area (Å²) in [7, 11) is 0. The van der Waals surface area contributed by atoms with Crippen molar-refractivity contribution in [1.82, 2.24) is 10.3 Å². The summed E-state index contributed by atoms with van der Waals surface area (Å²) in [6.45, 7) is 5.48. The molecular formula is C32H31F2N3O3. The highest BCUT2D eigenvalue weighted by Gasteiger charge is 2.40. The number of aromatic nitrogens is 1. The lowest BCUT2D eigenvalue weighted by Crippen LogP contribution is -2.45. The van der Waals surface area contributed by atoms with Crippen LogP contribution >= 0.6 is 0 Å². The number of amides is 2. The standard InChI is InChI=1S/C32H31F2N3O3/c1-18-12-26(29(20-9-5-4-6-10-20)36-28(18)21-11-7-8-19(13-21)17-38)35-31(40)37-30-22-14-24(33)25(34)15-23(22)32(2,3)16-27(30)39/h4-15,27,30,38-39H,16-17H2,1-3H3,(H2,35,37,40)/t27-,30-/m1/s1. The summed E-state index contributed by atoms with van der Waals surface area (Å²) < 4.78 is 28.4. The van der Waals surface area contributed by atoms with Gasteiger partial charge in [0.15, 0.2) is 11.6 Å². The van der Waals surface area contributed by atoms with Crippen molar-refractivity contribution >= 4 is 11.7 Å². The molecule has 0 saturated heterocycles. The number of benzene rings is 3. The molecule has 6 nitrogen and oxygen atoms in total. The van der Waals surface area contributed by atoms with E-state index in [0.29, 0.717) is 28.2 Å². The number of nitrogens with one attached hydrogen (secondary N) is 2. The Kier molecular flexibility index (Phi) is 7.40. The van der Waals surface area contributed by atoms with Gasteiger partial charge in [-0.1, -0.05) is 62.4 Å². The van der Waals surface area contributed by atoms with E-state index in [-0.39, 0.29) is 13.0 Å². The van der Waals surface area contributed by atoms with Gasteiger partial charge in [-0.15, -0.1) is 0 Å². The van der Waals surface area contributed by atoms with Gasteiger partial charge in [0.2, 0.25) is 0 Å². The third-order valence-electron chi connectivity index (χ3n) is 7.44. The molecule has 0 saturated carbocycles. The first-order valence-corrected chi connectivity index (χ1v) is 13.1. The smallest absolute Gasteiger partial charge is 0.319 e. The van der Waals surface area contributed by atoms with Gasteiger partial charge in [0.25, 0.3) is 0 Å². The second-order valence-electron chi connectivity index (χ2n) is 10.9. The van der Waals surface area contributed by atoms with Gasteiger partial charge in [0.05, 0.1) is 35.8 Å². The van der Waals surface area contributed by atoms with Crippen molar-refractivity contribution < 1.29 is 23.8 Å². The molecule has 0 radical (unpaired) electrons. The topological polar surface area (TPSA) is 94.5 Å². The number of carbonyl (C=O) groups excluding carboxylic acids is 1. The van der Waals surface area contributed by atoms with E-state index in [0.717, 1.165) is 34.4 Å². The van der Waals surface area contributed by atoms with Crippen LogP contribution in [-0.4, -0.2) is 27.3 Å². The molecule has 4 N–H and O–H groups in total. The normalized spacial score (nSPS) is 17.7. The molecule has 40 heavy (non-hydrogen) atoms. The van der Waals surface area contributed by atoms with Gasteiger partial charge in [-0.2, -0.15) is 0 Å². The van der Waals surface area contributed by atoms with Crippen LogP contribution < -0.4 is 10.6 Å². The van der Waals surface area contributed by atoms with E-state index in [1.165, 1.54) is 0 Å². The monoisotopic (exact) mass is 543 g/mol. The number of aliphatic hydroxyl groups excluding tert-OH is 2. The Morgan fingerprint density at radius 2 is 1.68 bits per heavy atom. The van der Waals surface area contributed by atoms with Crippen LogP contribution in [0.2, 0.25) is 0 Å². The highest BCUT2D eigenvalue weighted by molar-refractivity contribution is 5.94. The van der Waals surface area contributed by atoms with E-state index in [9.17, 15) is 23.8 Å². The third kappa shape index (κ3) is 5.33. The highest BCUT2D eigenvalue weighted by atomic mass is 19.2. The highest BCUT2D eigenvalue weighted by Crippen LogP contribution is 2.42. The Morgan fingerprint density at radius 3 is 2.40 bits per heavy atom. The second-order valence-corrected chi connectivity index (χ2v) is 10.9. The fraction of sp³-hybridized carbons (Fsp3) is 0.250. The zero-order chi connectivity index (χ0) is 28.6. The number of fused-ring (bicyclic) bond motifs is 1. The van der Waals surface area contributed by atoms with Crippen LogP contribution in [0.5, 0.6) is 0 Å². The molecule has 4 aromatic rings. The van der Waals surface area contributed by atoms with Gasteiger partial charge >= 0.3 is 6.03 Å². The summed E-state index contributed by atoms with van der Waals surface area (Å²) >= 11 is 0. The summed E-state index contributed by atoms with van der Waals surface area (Å²) in [5.41, 5.74) is 5.12. The third-order valence-corrected chi connectivity index (χ3v) is 7.44. The molecular weight excluding hydrogens is 512 g/mol. The van der Waals surface area contributed by atoms with Crippen molar-refractivity contribution in [1.29, 1.82) is 0 Å². The number of hydrogen-bond donors (Lipinski definition) is 4. The Bertz CT molecular complexity index is 1570. The largest absolute Gasteiger partial charge is 0.392 e. The summed E-state index contributed by atoms with van der Waals surface area (Å²) in [6, 6.07) is 19.3. The average molecular weight is 544 g/mol. The first-order chi connectivity index (χ1) is 19.1. The van der Waals surface area contributed by atoms with Crippen LogP contribution in [0.1, 0.15) is 48.6 Å². The van der Waals surface area contributed by atoms with Gasteiger partial charge in [0, 0.05) is 11.1 Å². The molecule has 2 atom stereocenters. The molecule has 206 valence electrons. The van der Waals surface area contributed by atoms with E-state index in [1.54, 1.807) is 0 Å². The Balaban J connectivity index is 1.50. The molecule has 2 amide bonds. The summed E-state index contributed by atoms with van der Waals surface area (Å²) in [5, 5.41) is 26.2. The lowest BCUT2D eigenvalue weighted by atomic mass is 9.69. The fourth-order valence-electron chi connectivity index (χ4n) is 5.47. The molecule has 0 spiro atoms. The number of pyridine rings is 1. The van der Waals surface area contributed by atoms with Gasteiger partial charge < -0.3 is 20.8 Å². The number of aryl methyl sites for hydroxylation is 1. The van der Waals surface area contributed by atoms with E-state index in [1.807, 2.05) is 81.4 Å². The molecule has 1 aliphatic rings. The predicted molar refractivity (Wildman–Crippen MR) is 151 cm³/mol. The maximum atomic E-state index is 14.2. The first-order valence-electron chi connectivity index (χ1n) is 13.1. The summed E-state index contributed by atoms with van der Waals surface area (Å²) in [6.07, 6.45) is -0.749. The second kappa shape index (κ2) is 10.8. The van der Waals surface area contributed by atoms with Crippen LogP contribution in [0.25, 0.3) is 22.5 Å². The van der Waals surface area contributed by atoms with Crippen LogP contribution in [-0.2, 0) is 12.0 Å². The van der Waals surface area contributed by atoms with Crippen molar-refractivity contribution in [2.24, 2.45) is 0 Å². The minimum absolute atomic E-state index is 0.0951. The number of carbonyl (C=O) groups is 1. The lowest BCUT2D eigenvalue weighted by Gasteiger charge is -2.40. The number of aliphatic hydroxyl groups is 2. The number of rotatable bonds is 5. The van der Waals surface area contributed by atoms with Gasteiger partial charge in [-0.25, -0.2) is 18.6 Å². The molecule has 1 aromatic heterocycles. The average Bonchev–Trinajstić information content (AvgIpc) is 2.92. The molecule has 1 heterocycles. The Morgan fingerprint density at radius 1 is 0.975 bits per heavy atom. The molecule has 0 aliphatic heterocycles. The maximum Gasteiger partial charge on any atom is 0.319 e. The van der Waals surface area contributed by atoms with Crippen molar-refractivity contribution in [2.75, 3.05) is 5.32 Å². The van der Waals surface area contributed by atoms with Crippen LogP contribution in [0.15, 0.2) is 72.8 Å². The maximum absolute atomic E-state index is 14.2. The SMILES string of the molecule is Cc1cc(NC(=O)N[C@@H]2c3cc(F)c(F)cc3C(C)(C)C[C@H]2O)c(-c2ccccc2)nc1-c1cccc(CO)c1. The van der Waals surface area contributed by atoms with E-state index in [4.69, 9.17) is 4.98 Å². The zero-order valence-electron chi connectivity index (χ0n) is 22.5. The summed E-state index contributed by atoms with van der Waals surface area (Å²) in [4.78, 5) is 18.2. The van der Waals surface area contributed by atoms with Gasteiger partial charge in [-0.3, -0.25) is 0 Å². The minimum Gasteiger partial charge on any atom is -0.392 e. The van der Waals surface area contributed by atoms with Crippen LogP contribution in [0.3, 0.4) is 0 Å². The predicted octanol–water partition coefficient (Wildman–Crippen LogP) is 6.40. The minimum atomic E-state index is -1.04. The number of nitrogens with zero attached hydrogens (tertiary/aromatic N) is 1. The molecule has 0 bridgehead atoms. The lowest BCUT2D eigenvalue weighted by molar-refractivity contribution is 0.0878. The Hall–Kier alpha value is -4.14. The van der Waals surface area contributed by atoms with Crippen molar-refractivity contribution in [3.8, 4) is 22.5 Å². The number of hydrogen-bond acceptors (Lipinski definition) is 4. The molecule has 0 unspecified atom stereocenters. The van der Waals surface area contributed by atoms with Crippen LogP contribution in [0, 0.1) is 18.6 Å².